The molecule has 30 heavy (non-hydrogen) atoms. The maximum atomic E-state index is 13.0. The lowest BCUT2D eigenvalue weighted by atomic mass is 9.95. The Morgan fingerprint density at radius 3 is 2.10 bits per heavy atom. The monoisotopic (exact) mass is 403 g/mol. The van der Waals surface area contributed by atoms with Gasteiger partial charge in [0.1, 0.15) is 6.10 Å². The first-order chi connectivity index (χ1) is 14.4. The summed E-state index contributed by atoms with van der Waals surface area (Å²) in [6, 6.07) is 24.0. The van der Waals surface area contributed by atoms with Crippen LogP contribution in [-0.2, 0) is 6.18 Å². The van der Waals surface area contributed by atoms with Crippen molar-refractivity contribution in [3.63, 3.8) is 0 Å². The fraction of sp³-hybridized carbons (Fsp3) is 0.0800. The molecular formula is C25H16F3NO. The minimum atomic E-state index is -4.39. The zero-order valence-electron chi connectivity index (χ0n) is 15.7. The van der Waals surface area contributed by atoms with Crippen molar-refractivity contribution in [1.82, 2.24) is 4.98 Å². The first-order valence-corrected chi connectivity index (χ1v) is 9.49. The molecule has 0 saturated heterocycles. The first kappa shape index (κ1) is 18.6. The largest absolute Gasteiger partial charge is 0.416 e. The zero-order chi connectivity index (χ0) is 20.9. The number of hydrogen-bond acceptors (Lipinski definition) is 2. The van der Waals surface area contributed by atoms with Gasteiger partial charge in [-0.05, 0) is 34.9 Å². The van der Waals surface area contributed by atoms with Gasteiger partial charge in [-0.2, -0.15) is 13.2 Å². The molecule has 1 unspecified atom stereocenters. The molecule has 1 heterocycles. The number of aliphatic hydroxyl groups excluding tert-OH is 1. The predicted molar refractivity (Wildman–Crippen MR) is 110 cm³/mol. The van der Waals surface area contributed by atoms with Gasteiger partial charge in [0.25, 0.3) is 0 Å². The van der Waals surface area contributed by atoms with Gasteiger partial charge in [-0.3, -0.25) is 0 Å². The van der Waals surface area contributed by atoms with E-state index in [2.05, 4.69) is 0 Å². The molecule has 0 spiro atoms. The van der Waals surface area contributed by atoms with E-state index >= 15 is 0 Å². The van der Waals surface area contributed by atoms with Gasteiger partial charge in [0.05, 0.1) is 17.0 Å². The van der Waals surface area contributed by atoms with Crippen LogP contribution in [-0.4, -0.2) is 10.1 Å². The number of aromatic nitrogens is 1. The number of aliphatic hydroxyl groups is 1. The van der Waals surface area contributed by atoms with Crippen LogP contribution in [0.25, 0.3) is 33.6 Å². The van der Waals surface area contributed by atoms with Gasteiger partial charge in [0.2, 0.25) is 0 Å². The molecule has 5 heteroatoms. The molecule has 0 aliphatic heterocycles. The smallest absolute Gasteiger partial charge is 0.384 e. The first-order valence-electron chi connectivity index (χ1n) is 9.49. The van der Waals surface area contributed by atoms with E-state index in [1.165, 1.54) is 12.1 Å². The Balaban J connectivity index is 1.73. The second-order valence-corrected chi connectivity index (χ2v) is 7.25. The number of benzene rings is 3. The van der Waals surface area contributed by atoms with E-state index in [1.54, 1.807) is 0 Å². The lowest BCUT2D eigenvalue weighted by molar-refractivity contribution is -0.137. The number of pyridine rings is 1. The highest BCUT2D eigenvalue weighted by Gasteiger charge is 2.32. The number of rotatable bonds is 2. The van der Waals surface area contributed by atoms with Crippen LogP contribution in [0.4, 0.5) is 13.2 Å². The summed E-state index contributed by atoms with van der Waals surface area (Å²) in [5.74, 6) is 0. The van der Waals surface area contributed by atoms with E-state index in [0.29, 0.717) is 17.0 Å². The van der Waals surface area contributed by atoms with Crippen molar-refractivity contribution in [3.05, 3.63) is 102 Å². The van der Waals surface area contributed by atoms with E-state index in [0.717, 1.165) is 39.9 Å². The summed E-state index contributed by atoms with van der Waals surface area (Å²) in [5.41, 5.74) is 5.18. The van der Waals surface area contributed by atoms with E-state index in [9.17, 15) is 18.3 Å². The minimum Gasteiger partial charge on any atom is -0.384 e. The topological polar surface area (TPSA) is 33.1 Å². The number of alkyl halides is 3. The van der Waals surface area contributed by atoms with Gasteiger partial charge in [0.15, 0.2) is 0 Å². The highest BCUT2D eigenvalue weighted by atomic mass is 19.4. The van der Waals surface area contributed by atoms with Gasteiger partial charge in [-0.25, -0.2) is 4.98 Å². The molecular weight excluding hydrogens is 387 g/mol. The highest BCUT2D eigenvalue weighted by Crippen LogP contribution is 2.47. The third kappa shape index (κ3) is 2.99. The third-order valence-corrected chi connectivity index (χ3v) is 5.44. The van der Waals surface area contributed by atoms with Crippen molar-refractivity contribution >= 4 is 0 Å². The van der Waals surface area contributed by atoms with Gasteiger partial charge in [0, 0.05) is 16.7 Å². The average molecular weight is 403 g/mol. The lowest BCUT2D eigenvalue weighted by Gasteiger charge is -2.15. The summed E-state index contributed by atoms with van der Waals surface area (Å²) < 4.78 is 38.9. The molecule has 2 nitrogen and oxygen atoms in total. The Kier molecular flexibility index (Phi) is 4.22. The zero-order valence-corrected chi connectivity index (χ0v) is 15.7. The normalized spacial score (nSPS) is 15.0. The van der Waals surface area contributed by atoms with Gasteiger partial charge in [-0.1, -0.05) is 66.7 Å². The molecule has 5 rings (SSSR count). The number of fused-ring (bicyclic) bond motifs is 3. The van der Waals surface area contributed by atoms with E-state index in [-0.39, 0.29) is 0 Å². The quantitative estimate of drug-likeness (QED) is 0.415. The van der Waals surface area contributed by atoms with Crippen LogP contribution in [0.15, 0.2) is 84.9 Å². The Morgan fingerprint density at radius 2 is 1.40 bits per heavy atom. The SMILES string of the molecule is OC1c2ccccc2-c2nc(-c3ccc(C(F)(F)F)cc3)cc(-c3ccccc3)c21. The number of halogens is 3. The minimum absolute atomic E-state index is 0.560. The summed E-state index contributed by atoms with van der Waals surface area (Å²) in [7, 11) is 0. The van der Waals surface area contributed by atoms with E-state index < -0.39 is 17.8 Å². The van der Waals surface area contributed by atoms with E-state index in [1.807, 2.05) is 60.7 Å². The van der Waals surface area contributed by atoms with Crippen molar-refractivity contribution in [2.24, 2.45) is 0 Å². The molecule has 0 saturated carbocycles. The molecule has 0 bridgehead atoms. The van der Waals surface area contributed by atoms with Crippen molar-refractivity contribution in [3.8, 4) is 33.6 Å². The van der Waals surface area contributed by atoms with Crippen LogP contribution in [0.2, 0.25) is 0 Å². The molecule has 1 aromatic heterocycles. The fourth-order valence-corrected chi connectivity index (χ4v) is 3.98. The second kappa shape index (κ2) is 6.82. The maximum Gasteiger partial charge on any atom is 0.416 e. The Labute approximate surface area is 171 Å². The van der Waals surface area contributed by atoms with Crippen LogP contribution >= 0.6 is 0 Å². The van der Waals surface area contributed by atoms with Crippen molar-refractivity contribution in [2.75, 3.05) is 0 Å². The molecule has 0 fully saturated rings. The Hall–Kier alpha value is -3.44. The number of nitrogens with zero attached hydrogens (tertiary/aromatic N) is 1. The summed E-state index contributed by atoms with van der Waals surface area (Å²) in [6.45, 7) is 0. The number of hydrogen-bond donors (Lipinski definition) is 1. The highest BCUT2D eigenvalue weighted by molar-refractivity contribution is 5.86. The van der Waals surface area contributed by atoms with Crippen LogP contribution in [0, 0.1) is 0 Å². The van der Waals surface area contributed by atoms with Crippen LogP contribution in [0.5, 0.6) is 0 Å². The Bertz CT molecular complexity index is 1230. The van der Waals surface area contributed by atoms with E-state index in [4.69, 9.17) is 4.98 Å². The second-order valence-electron chi connectivity index (χ2n) is 7.25. The van der Waals surface area contributed by atoms with Crippen molar-refractivity contribution in [1.29, 1.82) is 0 Å². The lowest BCUT2D eigenvalue weighted by Crippen LogP contribution is -2.04. The van der Waals surface area contributed by atoms with Crippen LogP contribution < -0.4 is 0 Å². The standard InChI is InChI=1S/C25H16F3NO/c26-25(27,28)17-12-10-16(11-13-17)21-14-20(15-6-2-1-3-7-15)22-23(29-21)18-8-4-5-9-19(18)24(22)30/h1-14,24,30H. The molecule has 1 N–H and O–H groups in total. The summed E-state index contributed by atoms with van der Waals surface area (Å²) >= 11 is 0. The van der Waals surface area contributed by atoms with Gasteiger partial charge < -0.3 is 5.11 Å². The summed E-state index contributed by atoms with van der Waals surface area (Å²) in [5, 5.41) is 11.0. The molecule has 0 amide bonds. The average Bonchev–Trinajstić information content (AvgIpc) is 3.06. The third-order valence-electron chi connectivity index (χ3n) is 5.44. The van der Waals surface area contributed by atoms with Crippen molar-refractivity contribution in [2.45, 2.75) is 12.3 Å². The maximum absolute atomic E-state index is 13.0. The van der Waals surface area contributed by atoms with Crippen molar-refractivity contribution < 1.29 is 18.3 Å². The molecule has 1 aliphatic carbocycles. The van der Waals surface area contributed by atoms with Crippen LogP contribution in [0.3, 0.4) is 0 Å². The molecule has 4 aromatic rings. The summed E-state index contributed by atoms with van der Waals surface area (Å²) in [4.78, 5) is 4.75. The molecule has 1 aliphatic rings. The molecule has 3 aromatic carbocycles. The summed E-state index contributed by atoms with van der Waals surface area (Å²) in [6.07, 6.45) is -5.19. The van der Waals surface area contributed by atoms with Crippen LogP contribution in [0.1, 0.15) is 22.8 Å². The molecule has 0 radical (unpaired) electrons. The van der Waals surface area contributed by atoms with Gasteiger partial charge in [-0.15, -0.1) is 0 Å². The Morgan fingerprint density at radius 1 is 0.733 bits per heavy atom. The molecule has 1 atom stereocenters. The predicted octanol–water partition coefficient (Wildman–Crippen LogP) is 6.50. The fourth-order valence-electron chi connectivity index (χ4n) is 3.98. The van der Waals surface area contributed by atoms with Gasteiger partial charge >= 0.3 is 6.18 Å². The molecule has 148 valence electrons.